The normalized spacial score (nSPS) is 13.4. The highest BCUT2D eigenvalue weighted by Gasteiger charge is 2.27. The number of carbonyl (C=O) groups is 5. The fraction of sp³-hybridized carbons (Fsp3) is 0.541. The van der Waals surface area contributed by atoms with Crippen LogP contribution in [0, 0.1) is 5.92 Å². The molecule has 264 valence electrons. The van der Waals surface area contributed by atoms with Crippen LogP contribution in [0.4, 0.5) is 4.79 Å². The monoisotopic (exact) mass is 667 g/mol. The Morgan fingerprint density at radius 3 is 1.88 bits per heavy atom. The van der Waals surface area contributed by atoms with Crippen molar-refractivity contribution in [1.82, 2.24) is 16.0 Å². The summed E-state index contributed by atoms with van der Waals surface area (Å²) in [5.41, 5.74) is 1.70. The molecule has 0 aliphatic rings. The summed E-state index contributed by atoms with van der Waals surface area (Å²) in [7, 11) is 0. The Kier molecular flexibility index (Phi) is 15.6. The van der Waals surface area contributed by atoms with E-state index < -0.39 is 59.0 Å². The Bertz CT molecular complexity index is 1350. The molecule has 0 spiro atoms. The van der Waals surface area contributed by atoms with E-state index in [0.29, 0.717) is 25.8 Å². The molecule has 0 unspecified atom stereocenters. The van der Waals surface area contributed by atoms with Crippen molar-refractivity contribution < 1.29 is 38.6 Å². The van der Waals surface area contributed by atoms with E-state index >= 15 is 0 Å². The van der Waals surface area contributed by atoms with Crippen molar-refractivity contribution in [1.29, 1.82) is 0 Å². The highest BCUT2D eigenvalue weighted by atomic mass is 16.6. The summed E-state index contributed by atoms with van der Waals surface area (Å²) < 4.78 is 10.7. The molecule has 0 aliphatic carbocycles. The Morgan fingerprint density at radius 2 is 1.31 bits per heavy atom. The van der Waals surface area contributed by atoms with E-state index in [2.05, 4.69) is 16.0 Å². The molecule has 3 amide bonds. The van der Waals surface area contributed by atoms with Gasteiger partial charge in [-0.05, 0) is 90.3 Å². The molecule has 0 fully saturated rings. The molecule has 3 atom stereocenters. The molecule has 0 saturated carbocycles. The average Bonchev–Trinajstić information content (AvgIpc) is 2.98. The standard InChI is InChI=1S/C37H53N3O8/c1-25(33(43)44)23-29(24-26-16-18-28(19-17-26)27-13-9-8-10-14-27)39-31(41)20-21-32(42)40-30(34(45)47-36(2,3)4)15-11-12-22-38-35(46)48-37(5,6)7/h8-10,13-14,16-19,25,29-30H,11-12,15,20-24H2,1-7H3,(H,38,46)(H,39,41)(H,40,42)(H,43,44)/t25-,29+,30+/m1/s1. The lowest BCUT2D eigenvalue weighted by atomic mass is 9.94. The molecule has 0 aromatic heterocycles. The number of unbranched alkanes of at least 4 members (excludes halogenated alkanes) is 1. The van der Waals surface area contributed by atoms with Gasteiger partial charge in [0, 0.05) is 25.4 Å². The number of hydrogen-bond donors (Lipinski definition) is 4. The van der Waals surface area contributed by atoms with Gasteiger partial charge in [0.1, 0.15) is 17.2 Å². The zero-order valence-corrected chi connectivity index (χ0v) is 29.4. The number of rotatable bonds is 17. The number of benzene rings is 2. The molecule has 0 bridgehead atoms. The first-order valence-electron chi connectivity index (χ1n) is 16.6. The van der Waals surface area contributed by atoms with Gasteiger partial charge in [-0.1, -0.05) is 61.5 Å². The van der Waals surface area contributed by atoms with Crippen LogP contribution in [-0.2, 0) is 35.1 Å². The van der Waals surface area contributed by atoms with Crippen molar-refractivity contribution in [2.75, 3.05) is 6.54 Å². The van der Waals surface area contributed by atoms with Crippen LogP contribution in [0.3, 0.4) is 0 Å². The minimum atomic E-state index is -0.957. The fourth-order valence-electron chi connectivity index (χ4n) is 4.86. The number of ether oxygens (including phenoxy) is 2. The van der Waals surface area contributed by atoms with Gasteiger partial charge < -0.3 is 30.5 Å². The second-order valence-corrected chi connectivity index (χ2v) is 14.1. The highest BCUT2D eigenvalue weighted by molar-refractivity contribution is 5.87. The summed E-state index contributed by atoms with van der Waals surface area (Å²) in [4.78, 5) is 62.2. The third kappa shape index (κ3) is 16.4. The number of esters is 1. The van der Waals surface area contributed by atoms with E-state index in [1.54, 1.807) is 48.5 Å². The fourth-order valence-corrected chi connectivity index (χ4v) is 4.86. The first kappa shape index (κ1) is 39.8. The third-order valence-corrected chi connectivity index (χ3v) is 7.16. The Morgan fingerprint density at radius 1 is 0.750 bits per heavy atom. The lowest BCUT2D eigenvalue weighted by molar-refractivity contribution is -0.159. The van der Waals surface area contributed by atoms with Gasteiger partial charge in [0.25, 0.3) is 0 Å². The van der Waals surface area contributed by atoms with Crippen LogP contribution in [-0.4, -0.2) is 64.8 Å². The minimum absolute atomic E-state index is 0.141. The summed E-state index contributed by atoms with van der Waals surface area (Å²) in [6.07, 6.45) is 1.14. The Labute approximate surface area is 284 Å². The van der Waals surface area contributed by atoms with Gasteiger partial charge >= 0.3 is 18.0 Å². The highest BCUT2D eigenvalue weighted by Crippen LogP contribution is 2.21. The summed E-state index contributed by atoms with van der Waals surface area (Å²) >= 11 is 0. The van der Waals surface area contributed by atoms with E-state index in [4.69, 9.17) is 9.47 Å². The average molecular weight is 668 g/mol. The molecule has 11 nitrogen and oxygen atoms in total. The molecule has 4 N–H and O–H groups in total. The number of carbonyl (C=O) groups excluding carboxylic acids is 4. The van der Waals surface area contributed by atoms with Crippen LogP contribution in [0.5, 0.6) is 0 Å². The molecular formula is C37H53N3O8. The van der Waals surface area contributed by atoms with Crippen LogP contribution in [0.2, 0.25) is 0 Å². The number of carboxylic acid groups (broad SMARTS) is 1. The zero-order valence-electron chi connectivity index (χ0n) is 29.4. The number of nitrogens with one attached hydrogen (secondary N) is 3. The Hall–Kier alpha value is -4.41. The first-order valence-corrected chi connectivity index (χ1v) is 16.6. The Balaban J connectivity index is 1.95. The van der Waals surface area contributed by atoms with Gasteiger partial charge in [-0.2, -0.15) is 0 Å². The van der Waals surface area contributed by atoms with Gasteiger partial charge in [-0.3, -0.25) is 14.4 Å². The summed E-state index contributed by atoms with van der Waals surface area (Å²) in [5.74, 6) is -3.10. The maximum absolute atomic E-state index is 13.0. The van der Waals surface area contributed by atoms with Crippen LogP contribution in [0.1, 0.15) is 92.6 Å². The third-order valence-electron chi connectivity index (χ3n) is 7.16. The molecular weight excluding hydrogens is 614 g/mol. The molecule has 0 saturated heterocycles. The molecule has 0 aliphatic heterocycles. The number of aliphatic carboxylic acids is 1. The maximum atomic E-state index is 13.0. The van der Waals surface area contributed by atoms with E-state index in [-0.39, 0.29) is 25.7 Å². The SMILES string of the molecule is C[C@H](C[C@@H](Cc1ccc(-c2ccccc2)cc1)NC(=O)CCC(=O)N[C@@H](CCCCNC(=O)OC(C)(C)C)C(=O)OC(C)(C)C)C(=O)O. The number of hydrogen-bond acceptors (Lipinski definition) is 7. The first-order chi connectivity index (χ1) is 22.4. The summed E-state index contributed by atoms with van der Waals surface area (Å²) in [6, 6.07) is 16.5. The van der Waals surface area contributed by atoms with Crippen LogP contribution in [0.25, 0.3) is 11.1 Å². The molecule has 2 rings (SSSR count). The van der Waals surface area contributed by atoms with Crippen LogP contribution >= 0.6 is 0 Å². The van der Waals surface area contributed by atoms with E-state index in [0.717, 1.165) is 16.7 Å². The van der Waals surface area contributed by atoms with Crippen molar-refractivity contribution >= 4 is 29.8 Å². The topological polar surface area (TPSA) is 160 Å². The molecule has 2 aromatic carbocycles. The van der Waals surface area contributed by atoms with Gasteiger partial charge in [0.2, 0.25) is 11.8 Å². The van der Waals surface area contributed by atoms with E-state index in [1.807, 2.05) is 54.6 Å². The number of carboxylic acids is 1. The number of alkyl carbamates (subject to hydrolysis) is 1. The van der Waals surface area contributed by atoms with Crippen molar-refractivity contribution in [3.8, 4) is 11.1 Å². The largest absolute Gasteiger partial charge is 0.481 e. The van der Waals surface area contributed by atoms with Gasteiger partial charge in [0.05, 0.1) is 5.92 Å². The van der Waals surface area contributed by atoms with Gasteiger partial charge in [-0.15, -0.1) is 0 Å². The van der Waals surface area contributed by atoms with Crippen molar-refractivity contribution in [3.63, 3.8) is 0 Å². The second kappa shape index (κ2) is 18.8. The quantitative estimate of drug-likeness (QED) is 0.122. The van der Waals surface area contributed by atoms with Crippen molar-refractivity contribution in [2.45, 2.75) is 117 Å². The van der Waals surface area contributed by atoms with Crippen molar-refractivity contribution in [3.05, 3.63) is 60.2 Å². The second-order valence-electron chi connectivity index (χ2n) is 14.1. The minimum Gasteiger partial charge on any atom is -0.481 e. The van der Waals surface area contributed by atoms with E-state index in [9.17, 15) is 29.1 Å². The predicted octanol–water partition coefficient (Wildman–Crippen LogP) is 5.79. The molecule has 2 aromatic rings. The zero-order chi connectivity index (χ0) is 35.9. The maximum Gasteiger partial charge on any atom is 0.407 e. The smallest absolute Gasteiger partial charge is 0.407 e. The lowest BCUT2D eigenvalue weighted by Crippen LogP contribution is -2.44. The molecule has 0 radical (unpaired) electrons. The molecule has 0 heterocycles. The van der Waals surface area contributed by atoms with Gasteiger partial charge in [0.15, 0.2) is 0 Å². The van der Waals surface area contributed by atoms with E-state index in [1.165, 1.54) is 0 Å². The lowest BCUT2D eigenvalue weighted by Gasteiger charge is -2.25. The van der Waals surface area contributed by atoms with Crippen molar-refractivity contribution in [2.24, 2.45) is 5.92 Å². The van der Waals surface area contributed by atoms with Gasteiger partial charge in [-0.25, -0.2) is 9.59 Å². The molecule has 48 heavy (non-hydrogen) atoms. The number of amides is 3. The summed E-state index contributed by atoms with van der Waals surface area (Å²) in [5, 5.41) is 17.8. The molecule has 11 heteroatoms. The van der Waals surface area contributed by atoms with Crippen LogP contribution < -0.4 is 16.0 Å². The predicted molar refractivity (Wildman–Crippen MR) is 184 cm³/mol. The summed E-state index contributed by atoms with van der Waals surface area (Å²) in [6.45, 7) is 12.5. The van der Waals surface area contributed by atoms with Crippen LogP contribution in [0.15, 0.2) is 54.6 Å².